The van der Waals surface area contributed by atoms with Gasteiger partial charge in [0.1, 0.15) is 0 Å². The fraction of sp³-hybridized carbons (Fsp3) is 0.417. The summed E-state index contributed by atoms with van der Waals surface area (Å²) in [6.45, 7) is 7.25. The summed E-state index contributed by atoms with van der Waals surface area (Å²) in [7, 11) is 0. The van der Waals surface area contributed by atoms with E-state index < -0.39 is 0 Å². The SMILES string of the molecule is CCCCC(=O)Nc1ccc(N2CCN(C(=O)Cc3cccc(C)c3)CC2)cc1. The van der Waals surface area contributed by atoms with E-state index in [1.54, 1.807) is 0 Å². The number of carbonyl (C=O) groups excluding carboxylic acids is 2. The van der Waals surface area contributed by atoms with Gasteiger partial charge >= 0.3 is 0 Å². The van der Waals surface area contributed by atoms with Crippen molar-refractivity contribution in [3.63, 3.8) is 0 Å². The summed E-state index contributed by atoms with van der Waals surface area (Å²) in [5.74, 6) is 0.265. The lowest BCUT2D eigenvalue weighted by atomic mass is 10.1. The van der Waals surface area contributed by atoms with Gasteiger partial charge in [-0.25, -0.2) is 0 Å². The topological polar surface area (TPSA) is 52.7 Å². The molecule has 154 valence electrons. The molecule has 1 N–H and O–H groups in total. The van der Waals surface area contributed by atoms with Gasteiger partial charge in [-0.05, 0) is 43.2 Å². The zero-order valence-corrected chi connectivity index (χ0v) is 17.5. The summed E-state index contributed by atoms with van der Waals surface area (Å²) in [5, 5.41) is 2.95. The highest BCUT2D eigenvalue weighted by molar-refractivity contribution is 5.90. The van der Waals surface area contributed by atoms with Crippen LogP contribution in [0.5, 0.6) is 0 Å². The largest absolute Gasteiger partial charge is 0.368 e. The summed E-state index contributed by atoms with van der Waals surface area (Å²) < 4.78 is 0. The van der Waals surface area contributed by atoms with E-state index in [-0.39, 0.29) is 11.8 Å². The molecule has 0 unspecified atom stereocenters. The standard InChI is InChI=1S/C24H31N3O2/c1-3-4-8-23(28)25-21-9-11-22(12-10-21)26-13-15-27(16-14-26)24(29)18-20-7-5-6-19(2)17-20/h5-7,9-12,17H,3-4,8,13-16,18H2,1-2H3,(H,25,28). The van der Waals surface area contributed by atoms with Crippen molar-refractivity contribution in [3.05, 3.63) is 59.7 Å². The molecular weight excluding hydrogens is 362 g/mol. The summed E-state index contributed by atoms with van der Waals surface area (Å²) in [4.78, 5) is 28.7. The molecule has 5 nitrogen and oxygen atoms in total. The Balaban J connectivity index is 1.48. The Hall–Kier alpha value is -2.82. The van der Waals surface area contributed by atoms with Crippen LogP contribution in [0.15, 0.2) is 48.5 Å². The van der Waals surface area contributed by atoms with E-state index in [9.17, 15) is 9.59 Å². The highest BCUT2D eigenvalue weighted by Gasteiger charge is 2.21. The van der Waals surface area contributed by atoms with Crippen molar-refractivity contribution >= 4 is 23.2 Å². The van der Waals surface area contributed by atoms with Gasteiger partial charge in [-0.2, -0.15) is 0 Å². The number of carbonyl (C=O) groups is 2. The Bertz CT molecular complexity index is 824. The lowest BCUT2D eigenvalue weighted by molar-refractivity contribution is -0.130. The number of unbranched alkanes of at least 4 members (excludes halogenated alkanes) is 1. The van der Waals surface area contributed by atoms with Crippen LogP contribution >= 0.6 is 0 Å². The third kappa shape index (κ3) is 6.08. The van der Waals surface area contributed by atoms with Gasteiger partial charge in [-0.15, -0.1) is 0 Å². The number of hydrogen-bond acceptors (Lipinski definition) is 3. The second kappa shape index (κ2) is 10.1. The van der Waals surface area contributed by atoms with E-state index in [4.69, 9.17) is 0 Å². The van der Waals surface area contributed by atoms with Crippen LogP contribution < -0.4 is 10.2 Å². The normalized spacial score (nSPS) is 14.0. The number of rotatable bonds is 7. The van der Waals surface area contributed by atoms with Gasteiger partial charge in [-0.1, -0.05) is 43.2 Å². The number of amides is 2. The average molecular weight is 394 g/mol. The van der Waals surface area contributed by atoms with Gasteiger partial charge in [-0.3, -0.25) is 9.59 Å². The number of nitrogens with one attached hydrogen (secondary N) is 1. The minimum Gasteiger partial charge on any atom is -0.368 e. The fourth-order valence-electron chi connectivity index (χ4n) is 3.64. The minimum atomic E-state index is 0.0698. The number of hydrogen-bond donors (Lipinski definition) is 1. The molecule has 5 heteroatoms. The van der Waals surface area contributed by atoms with E-state index in [1.165, 1.54) is 5.56 Å². The van der Waals surface area contributed by atoms with Gasteiger partial charge in [0, 0.05) is 44.0 Å². The highest BCUT2D eigenvalue weighted by Crippen LogP contribution is 2.20. The molecule has 0 aliphatic carbocycles. The number of piperazine rings is 1. The predicted molar refractivity (Wildman–Crippen MR) is 118 cm³/mol. The monoisotopic (exact) mass is 393 g/mol. The predicted octanol–water partition coefficient (Wildman–Crippen LogP) is 4.02. The maximum absolute atomic E-state index is 12.6. The third-order valence-electron chi connectivity index (χ3n) is 5.34. The molecule has 1 aliphatic rings. The molecule has 1 saturated heterocycles. The van der Waals surface area contributed by atoms with E-state index in [1.807, 2.05) is 41.3 Å². The van der Waals surface area contributed by atoms with Crippen molar-refractivity contribution < 1.29 is 9.59 Å². The third-order valence-corrected chi connectivity index (χ3v) is 5.34. The molecule has 0 bridgehead atoms. The number of anilines is 2. The van der Waals surface area contributed by atoms with E-state index in [0.29, 0.717) is 12.8 Å². The highest BCUT2D eigenvalue weighted by atomic mass is 16.2. The van der Waals surface area contributed by atoms with Crippen molar-refractivity contribution in [3.8, 4) is 0 Å². The zero-order valence-electron chi connectivity index (χ0n) is 17.5. The molecule has 0 saturated carbocycles. The Labute approximate surface area is 173 Å². The first-order valence-electron chi connectivity index (χ1n) is 10.5. The van der Waals surface area contributed by atoms with Crippen LogP contribution in [-0.2, 0) is 16.0 Å². The van der Waals surface area contributed by atoms with Crippen molar-refractivity contribution in [2.24, 2.45) is 0 Å². The number of nitrogens with zero attached hydrogens (tertiary/aromatic N) is 2. The Morgan fingerprint density at radius 3 is 2.38 bits per heavy atom. The van der Waals surface area contributed by atoms with Crippen molar-refractivity contribution in [2.45, 2.75) is 39.5 Å². The quantitative estimate of drug-likeness (QED) is 0.773. The van der Waals surface area contributed by atoms with E-state index in [0.717, 1.165) is 56.0 Å². The molecule has 0 aromatic heterocycles. The van der Waals surface area contributed by atoms with Crippen LogP contribution in [0.1, 0.15) is 37.3 Å². The summed E-state index contributed by atoms with van der Waals surface area (Å²) >= 11 is 0. The molecular formula is C24H31N3O2. The Morgan fingerprint density at radius 2 is 1.72 bits per heavy atom. The molecule has 1 heterocycles. The average Bonchev–Trinajstić information content (AvgIpc) is 2.73. The van der Waals surface area contributed by atoms with Crippen molar-refractivity contribution in [1.29, 1.82) is 0 Å². The van der Waals surface area contributed by atoms with Crippen LogP contribution in [0, 0.1) is 6.92 Å². The van der Waals surface area contributed by atoms with E-state index in [2.05, 4.69) is 36.2 Å². The summed E-state index contributed by atoms with van der Waals surface area (Å²) in [6.07, 6.45) is 2.97. The lowest BCUT2D eigenvalue weighted by Gasteiger charge is -2.36. The van der Waals surface area contributed by atoms with Crippen molar-refractivity contribution in [1.82, 2.24) is 4.90 Å². The van der Waals surface area contributed by atoms with Gasteiger partial charge in [0.05, 0.1) is 6.42 Å². The summed E-state index contributed by atoms with van der Waals surface area (Å²) in [6, 6.07) is 16.1. The molecule has 0 spiro atoms. The van der Waals surface area contributed by atoms with Crippen LogP contribution in [0.2, 0.25) is 0 Å². The first-order valence-corrected chi connectivity index (χ1v) is 10.5. The van der Waals surface area contributed by atoms with Crippen LogP contribution in [0.4, 0.5) is 11.4 Å². The van der Waals surface area contributed by atoms with Gasteiger partial charge in [0.2, 0.25) is 11.8 Å². The number of benzene rings is 2. The maximum Gasteiger partial charge on any atom is 0.227 e. The fourth-order valence-corrected chi connectivity index (χ4v) is 3.64. The molecule has 0 radical (unpaired) electrons. The van der Waals surface area contributed by atoms with E-state index >= 15 is 0 Å². The van der Waals surface area contributed by atoms with Crippen LogP contribution in [0.3, 0.4) is 0 Å². The molecule has 1 aliphatic heterocycles. The molecule has 2 amide bonds. The van der Waals surface area contributed by atoms with Gasteiger partial charge in [0.25, 0.3) is 0 Å². The second-order valence-electron chi connectivity index (χ2n) is 7.73. The minimum absolute atomic E-state index is 0.0698. The molecule has 0 atom stereocenters. The molecule has 1 fully saturated rings. The Kier molecular flexibility index (Phi) is 7.28. The van der Waals surface area contributed by atoms with Crippen LogP contribution in [-0.4, -0.2) is 42.9 Å². The van der Waals surface area contributed by atoms with Crippen molar-refractivity contribution in [2.75, 3.05) is 36.4 Å². The van der Waals surface area contributed by atoms with Crippen LogP contribution in [0.25, 0.3) is 0 Å². The van der Waals surface area contributed by atoms with Gasteiger partial charge < -0.3 is 15.1 Å². The second-order valence-corrected chi connectivity index (χ2v) is 7.73. The summed E-state index contributed by atoms with van der Waals surface area (Å²) in [5.41, 5.74) is 4.23. The first-order chi connectivity index (χ1) is 14.0. The zero-order chi connectivity index (χ0) is 20.6. The molecule has 2 aromatic carbocycles. The molecule has 3 rings (SSSR count). The van der Waals surface area contributed by atoms with Gasteiger partial charge in [0.15, 0.2) is 0 Å². The molecule has 2 aromatic rings. The lowest BCUT2D eigenvalue weighted by Crippen LogP contribution is -2.49. The number of aryl methyl sites for hydroxylation is 1. The first kappa shape index (κ1) is 20.9. The maximum atomic E-state index is 12.6. The molecule has 29 heavy (non-hydrogen) atoms. The smallest absolute Gasteiger partial charge is 0.227 e. The Morgan fingerprint density at radius 1 is 1.00 bits per heavy atom.